The molecule has 5 nitrogen and oxygen atoms in total. The van der Waals surface area contributed by atoms with Gasteiger partial charge in [-0.15, -0.1) is 0 Å². The van der Waals surface area contributed by atoms with E-state index in [2.05, 4.69) is 31.3 Å². The van der Waals surface area contributed by atoms with Crippen molar-refractivity contribution in [3.63, 3.8) is 0 Å². The minimum absolute atomic E-state index is 0.0915. The molecule has 1 atom stereocenters. The van der Waals surface area contributed by atoms with Crippen LogP contribution in [0, 0.1) is 0 Å². The number of carbonyl (C=O) groups is 2. The zero-order valence-electron chi connectivity index (χ0n) is 10.2. The van der Waals surface area contributed by atoms with Gasteiger partial charge in [0.05, 0.1) is 11.9 Å². The number of nitrogens with one attached hydrogen (secondary N) is 2. The lowest BCUT2D eigenvalue weighted by Gasteiger charge is -2.09. The van der Waals surface area contributed by atoms with E-state index in [9.17, 15) is 9.59 Å². The summed E-state index contributed by atoms with van der Waals surface area (Å²) in [6, 6.07) is 6.78. The number of methoxy groups -OCH3 is 1. The molecule has 98 valence electrons. The molecule has 1 aromatic rings. The number of hydrogen-bond donors (Lipinski definition) is 2. The molecule has 0 fully saturated rings. The summed E-state index contributed by atoms with van der Waals surface area (Å²) in [6.45, 7) is 1.92. The average molecular weight is 315 g/mol. The van der Waals surface area contributed by atoms with Gasteiger partial charge in [0, 0.05) is 11.4 Å². The van der Waals surface area contributed by atoms with Crippen molar-refractivity contribution in [2.75, 3.05) is 17.7 Å². The molecule has 0 aliphatic carbocycles. The first kappa shape index (κ1) is 14.5. The minimum atomic E-state index is -0.529. The molecule has 0 saturated heterocycles. The van der Waals surface area contributed by atoms with E-state index in [-0.39, 0.29) is 10.7 Å². The number of ether oxygens (including phenoxy) is 1. The Labute approximate surface area is 114 Å². The Kier molecular flexibility index (Phi) is 5.64. The molecule has 0 saturated carbocycles. The quantitative estimate of drug-likeness (QED) is 0.839. The number of anilines is 2. The smallest absolute Gasteiger partial charge is 0.411 e. The van der Waals surface area contributed by atoms with Crippen molar-refractivity contribution in [2.45, 2.75) is 18.2 Å². The van der Waals surface area contributed by atoms with Crippen LogP contribution >= 0.6 is 15.9 Å². The molecular weight excluding hydrogens is 300 g/mol. The number of hydrogen-bond acceptors (Lipinski definition) is 3. The topological polar surface area (TPSA) is 67.4 Å². The van der Waals surface area contributed by atoms with Crippen LogP contribution in [0.2, 0.25) is 0 Å². The molecule has 0 aromatic heterocycles. The summed E-state index contributed by atoms with van der Waals surface area (Å²) in [5.41, 5.74) is 1.28. The minimum Gasteiger partial charge on any atom is -0.453 e. The standard InChI is InChI=1S/C12H15BrN2O3/c1-3-10(13)11(16)14-8-4-6-9(7-5-8)15-12(17)18-2/h4-7,10H,3H2,1-2H3,(H,14,16)(H,15,17). The van der Waals surface area contributed by atoms with Crippen LogP contribution in [0.15, 0.2) is 24.3 Å². The molecule has 0 aliphatic heterocycles. The van der Waals surface area contributed by atoms with Gasteiger partial charge in [0.15, 0.2) is 0 Å². The molecule has 0 bridgehead atoms. The van der Waals surface area contributed by atoms with E-state index in [1.165, 1.54) is 7.11 Å². The van der Waals surface area contributed by atoms with E-state index in [4.69, 9.17) is 0 Å². The van der Waals surface area contributed by atoms with Gasteiger partial charge in [-0.2, -0.15) is 0 Å². The molecule has 18 heavy (non-hydrogen) atoms. The largest absolute Gasteiger partial charge is 0.453 e. The molecule has 1 aromatic carbocycles. The van der Waals surface area contributed by atoms with Crippen LogP contribution in [0.4, 0.5) is 16.2 Å². The van der Waals surface area contributed by atoms with Crippen LogP contribution in [0.1, 0.15) is 13.3 Å². The Morgan fingerprint density at radius 3 is 2.17 bits per heavy atom. The predicted molar refractivity (Wildman–Crippen MR) is 74.1 cm³/mol. The SMILES string of the molecule is CCC(Br)C(=O)Nc1ccc(NC(=O)OC)cc1. The number of amides is 2. The maximum Gasteiger partial charge on any atom is 0.411 e. The molecule has 0 radical (unpaired) electrons. The van der Waals surface area contributed by atoms with Gasteiger partial charge in [-0.05, 0) is 30.7 Å². The third-order valence-corrected chi connectivity index (χ3v) is 3.29. The van der Waals surface area contributed by atoms with E-state index in [1.54, 1.807) is 24.3 Å². The highest BCUT2D eigenvalue weighted by Gasteiger charge is 2.12. The number of benzene rings is 1. The first-order chi connectivity index (χ1) is 8.56. The molecule has 1 unspecified atom stereocenters. The highest BCUT2D eigenvalue weighted by molar-refractivity contribution is 9.10. The highest BCUT2D eigenvalue weighted by atomic mass is 79.9. The van der Waals surface area contributed by atoms with E-state index >= 15 is 0 Å². The molecule has 2 amide bonds. The zero-order valence-corrected chi connectivity index (χ0v) is 11.8. The van der Waals surface area contributed by atoms with Crippen LogP contribution in [-0.2, 0) is 9.53 Å². The van der Waals surface area contributed by atoms with Crippen molar-refractivity contribution in [1.82, 2.24) is 0 Å². The van der Waals surface area contributed by atoms with E-state index in [0.29, 0.717) is 17.8 Å². The fourth-order valence-corrected chi connectivity index (χ4v) is 1.33. The second-order valence-corrected chi connectivity index (χ2v) is 4.66. The zero-order chi connectivity index (χ0) is 13.5. The summed E-state index contributed by atoms with van der Waals surface area (Å²) in [4.78, 5) is 22.4. The Morgan fingerprint density at radius 1 is 1.22 bits per heavy atom. The second kappa shape index (κ2) is 7.00. The number of carbonyl (C=O) groups excluding carboxylic acids is 2. The molecule has 6 heteroatoms. The molecule has 0 aliphatic rings. The lowest BCUT2D eigenvalue weighted by Crippen LogP contribution is -2.21. The molecule has 2 N–H and O–H groups in total. The Hall–Kier alpha value is -1.56. The summed E-state index contributed by atoms with van der Waals surface area (Å²) in [7, 11) is 1.30. The van der Waals surface area contributed by atoms with Crippen molar-refractivity contribution in [3.8, 4) is 0 Å². The van der Waals surface area contributed by atoms with Gasteiger partial charge in [0.25, 0.3) is 0 Å². The van der Waals surface area contributed by atoms with E-state index in [1.807, 2.05) is 6.92 Å². The third-order valence-electron chi connectivity index (χ3n) is 2.23. The van der Waals surface area contributed by atoms with Crippen molar-refractivity contribution in [1.29, 1.82) is 0 Å². The summed E-state index contributed by atoms with van der Waals surface area (Å²) >= 11 is 3.27. The Morgan fingerprint density at radius 2 is 1.72 bits per heavy atom. The molecule has 0 spiro atoms. The summed E-state index contributed by atoms with van der Waals surface area (Å²) < 4.78 is 4.47. The molecule has 1 rings (SSSR count). The fourth-order valence-electron chi connectivity index (χ4n) is 1.21. The van der Waals surface area contributed by atoms with E-state index < -0.39 is 6.09 Å². The van der Waals surface area contributed by atoms with Gasteiger partial charge in [-0.3, -0.25) is 10.1 Å². The van der Waals surface area contributed by atoms with Gasteiger partial charge in [-0.25, -0.2) is 4.79 Å². The number of halogens is 1. The fraction of sp³-hybridized carbons (Fsp3) is 0.333. The first-order valence-electron chi connectivity index (χ1n) is 5.46. The lowest BCUT2D eigenvalue weighted by molar-refractivity contribution is -0.115. The monoisotopic (exact) mass is 314 g/mol. The van der Waals surface area contributed by atoms with Crippen LogP contribution in [0.25, 0.3) is 0 Å². The third kappa shape index (κ3) is 4.37. The number of rotatable bonds is 4. The highest BCUT2D eigenvalue weighted by Crippen LogP contribution is 2.15. The van der Waals surface area contributed by atoms with Crippen molar-refractivity contribution >= 4 is 39.3 Å². The summed E-state index contributed by atoms with van der Waals surface area (Å²) in [5.74, 6) is -0.0915. The van der Waals surface area contributed by atoms with Crippen LogP contribution in [0.3, 0.4) is 0 Å². The summed E-state index contributed by atoms with van der Waals surface area (Å²) in [5, 5.41) is 5.28. The van der Waals surface area contributed by atoms with Crippen molar-refractivity contribution in [2.24, 2.45) is 0 Å². The van der Waals surface area contributed by atoms with Crippen LogP contribution in [0.5, 0.6) is 0 Å². The maximum absolute atomic E-state index is 11.6. The van der Waals surface area contributed by atoms with Crippen molar-refractivity contribution < 1.29 is 14.3 Å². The van der Waals surface area contributed by atoms with Gasteiger partial charge in [0.1, 0.15) is 0 Å². The first-order valence-corrected chi connectivity index (χ1v) is 6.38. The Balaban J connectivity index is 2.60. The van der Waals surface area contributed by atoms with Gasteiger partial charge >= 0.3 is 6.09 Å². The molecule has 0 heterocycles. The van der Waals surface area contributed by atoms with Crippen LogP contribution < -0.4 is 10.6 Å². The predicted octanol–water partition coefficient (Wildman–Crippen LogP) is 2.98. The number of alkyl halides is 1. The van der Waals surface area contributed by atoms with Gasteiger partial charge < -0.3 is 10.1 Å². The molecular formula is C12H15BrN2O3. The van der Waals surface area contributed by atoms with E-state index in [0.717, 1.165) is 0 Å². The van der Waals surface area contributed by atoms with Gasteiger partial charge in [-0.1, -0.05) is 22.9 Å². The van der Waals surface area contributed by atoms with Gasteiger partial charge in [0.2, 0.25) is 5.91 Å². The summed E-state index contributed by atoms with van der Waals surface area (Å²) in [6.07, 6.45) is 0.187. The van der Waals surface area contributed by atoms with Crippen molar-refractivity contribution in [3.05, 3.63) is 24.3 Å². The maximum atomic E-state index is 11.6. The average Bonchev–Trinajstić information content (AvgIpc) is 2.39. The second-order valence-electron chi connectivity index (χ2n) is 3.56. The normalized spacial score (nSPS) is 11.5. The lowest BCUT2D eigenvalue weighted by atomic mass is 10.2. The Bertz CT molecular complexity index is 420. The van der Waals surface area contributed by atoms with Crippen LogP contribution in [-0.4, -0.2) is 23.9 Å².